The molecule has 0 fully saturated rings. The quantitative estimate of drug-likeness (QED) is 0.889. The van der Waals surface area contributed by atoms with Gasteiger partial charge >= 0.3 is 0 Å². The molecule has 1 aromatic heterocycles. The van der Waals surface area contributed by atoms with E-state index in [0.717, 1.165) is 11.5 Å². The van der Waals surface area contributed by atoms with Crippen molar-refractivity contribution in [2.45, 2.75) is 6.10 Å². The average molecular weight is 243 g/mol. The van der Waals surface area contributed by atoms with E-state index in [9.17, 15) is 0 Å². The van der Waals surface area contributed by atoms with Crippen LogP contribution in [0.25, 0.3) is 0 Å². The molecule has 0 saturated heterocycles. The Balaban J connectivity index is 1.60. The summed E-state index contributed by atoms with van der Waals surface area (Å²) in [5.74, 6) is 2.18. The van der Waals surface area contributed by atoms with Crippen LogP contribution in [0.15, 0.2) is 42.7 Å². The molecule has 0 unspecified atom stereocenters. The lowest BCUT2D eigenvalue weighted by molar-refractivity contribution is 0.0996. The van der Waals surface area contributed by atoms with Crippen LogP contribution in [0.5, 0.6) is 11.5 Å². The first kappa shape index (κ1) is 10.8. The first-order valence-electron chi connectivity index (χ1n) is 5.81. The smallest absolute Gasteiger partial charge is 0.222 e. The maximum atomic E-state index is 5.81. The van der Waals surface area contributed by atoms with Crippen molar-refractivity contribution in [3.8, 4) is 11.5 Å². The number of para-hydroxylation sites is 2. The van der Waals surface area contributed by atoms with E-state index < -0.39 is 0 Å². The van der Waals surface area contributed by atoms with E-state index in [0.29, 0.717) is 19.1 Å². The summed E-state index contributed by atoms with van der Waals surface area (Å²) in [5.41, 5.74) is 0. The zero-order chi connectivity index (χ0) is 12.2. The number of hydrogen-bond acceptors (Lipinski definition) is 5. The molecule has 0 aliphatic carbocycles. The number of benzene rings is 1. The Labute approximate surface area is 105 Å². The number of rotatable bonds is 3. The van der Waals surface area contributed by atoms with Gasteiger partial charge in [-0.3, -0.25) is 0 Å². The van der Waals surface area contributed by atoms with Crippen molar-refractivity contribution in [2.75, 3.05) is 18.5 Å². The molecule has 0 saturated carbocycles. The van der Waals surface area contributed by atoms with Gasteiger partial charge in [0.05, 0.1) is 6.54 Å². The Bertz CT molecular complexity index is 519. The number of anilines is 1. The highest BCUT2D eigenvalue weighted by molar-refractivity contribution is 5.40. The van der Waals surface area contributed by atoms with E-state index in [1.54, 1.807) is 18.5 Å². The maximum absolute atomic E-state index is 5.81. The molecule has 1 N–H and O–H groups in total. The van der Waals surface area contributed by atoms with Gasteiger partial charge in [-0.05, 0) is 18.2 Å². The average Bonchev–Trinajstić information content (AvgIpc) is 2.46. The van der Waals surface area contributed by atoms with Crippen LogP contribution < -0.4 is 14.8 Å². The number of ether oxygens (including phenoxy) is 2. The standard InChI is InChI=1S/C13H13N3O2/c1-2-5-12-11(4-1)17-9-10(18-12)8-16-13-14-6-3-7-15-13/h1-7,10H,8-9H2,(H,14,15,16)/t10-/m0/s1. The fourth-order valence-corrected chi connectivity index (χ4v) is 1.76. The van der Waals surface area contributed by atoms with Crippen molar-refractivity contribution in [2.24, 2.45) is 0 Å². The van der Waals surface area contributed by atoms with Gasteiger partial charge in [-0.15, -0.1) is 0 Å². The van der Waals surface area contributed by atoms with Gasteiger partial charge in [-0.25, -0.2) is 9.97 Å². The molecular weight excluding hydrogens is 230 g/mol. The lowest BCUT2D eigenvalue weighted by Crippen LogP contribution is -2.35. The molecule has 92 valence electrons. The van der Waals surface area contributed by atoms with Crippen LogP contribution in [-0.4, -0.2) is 29.2 Å². The number of nitrogens with zero attached hydrogens (tertiary/aromatic N) is 2. The third kappa shape index (κ3) is 2.34. The summed E-state index contributed by atoms with van der Waals surface area (Å²) in [7, 11) is 0. The van der Waals surface area contributed by atoms with Gasteiger partial charge in [0.2, 0.25) is 5.95 Å². The zero-order valence-corrected chi connectivity index (χ0v) is 9.74. The van der Waals surface area contributed by atoms with E-state index in [-0.39, 0.29) is 6.10 Å². The molecule has 0 radical (unpaired) electrons. The monoisotopic (exact) mass is 243 g/mol. The first-order chi connectivity index (χ1) is 8.92. The van der Waals surface area contributed by atoms with Crippen LogP contribution in [-0.2, 0) is 0 Å². The second kappa shape index (κ2) is 4.91. The fraction of sp³-hybridized carbons (Fsp3) is 0.231. The molecule has 0 amide bonds. The van der Waals surface area contributed by atoms with Crippen LogP contribution in [0, 0.1) is 0 Å². The van der Waals surface area contributed by atoms with Crippen LogP contribution >= 0.6 is 0 Å². The Morgan fingerprint density at radius 3 is 2.72 bits per heavy atom. The van der Waals surface area contributed by atoms with Gasteiger partial charge in [-0.1, -0.05) is 12.1 Å². The van der Waals surface area contributed by atoms with Crippen molar-refractivity contribution in [1.29, 1.82) is 0 Å². The fourth-order valence-electron chi connectivity index (χ4n) is 1.76. The Morgan fingerprint density at radius 2 is 1.89 bits per heavy atom. The molecule has 5 heteroatoms. The molecule has 1 atom stereocenters. The van der Waals surface area contributed by atoms with Gasteiger partial charge in [0.15, 0.2) is 11.5 Å². The van der Waals surface area contributed by atoms with E-state index >= 15 is 0 Å². The lowest BCUT2D eigenvalue weighted by atomic mass is 10.2. The molecule has 1 aliphatic rings. The Morgan fingerprint density at radius 1 is 1.11 bits per heavy atom. The second-order valence-electron chi connectivity index (χ2n) is 3.95. The molecule has 1 aromatic carbocycles. The topological polar surface area (TPSA) is 56.3 Å². The van der Waals surface area contributed by atoms with Crippen molar-refractivity contribution in [3.05, 3.63) is 42.7 Å². The van der Waals surface area contributed by atoms with Gasteiger partial charge < -0.3 is 14.8 Å². The van der Waals surface area contributed by atoms with Gasteiger partial charge in [0, 0.05) is 12.4 Å². The highest BCUT2D eigenvalue weighted by Crippen LogP contribution is 2.30. The molecule has 3 rings (SSSR count). The molecular formula is C13H13N3O2. The molecule has 5 nitrogen and oxygen atoms in total. The van der Waals surface area contributed by atoms with Gasteiger partial charge in [0.1, 0.15) is 12.7 Å². The van der Waals surface area contributed by atoms with Gasteiger partial charge in [0.25, 0.3) is 0 Å². The second-order valence-corrected chi connectivity index (χ2v) is 3.95. The summed E-state index contributed by atoms with van der Waals surface area (Å²) in [4.78, 5) is 8.18. The minimum absolute atomic E-state index is 0.0382. The largest absolute Gasteiger partial charge is 0.486 e. The minimum atomic E-state index is -0.0382. The first-order valence-corrected chi connectivity index (χ1v) is 5.81. The highest BCUT2D eigenvalue weighted by atomic mass is 16.6. The van der Waals surface area contributed by atoms with Crippen LogP contribution in [0.3, 0.4) is 0 Å². The van der Waals surface area contributed by atoms with Crippen LogP contribution in [0.2, 0.25) is 0 Å². The molecule has 0 spiro atoms. The normalized spacial score (nSPS) is 17.2. The summed E-state index contributed by atoms with van der Waals surface area (Å²) < 4.78 is 11.4. The van der Waals surface area contributed by atoms with E-state index in [1.165, 1.54) is 0 Å². The third-order valence-corrected chi connectivity index (χ3v) is 2.62. The molecule has 1 aliphatic heterocycles. The Hall–Kier alpha value is -2.30. The molecule has 2 heterocycles. The summed E-state index contributed by atoms with van der Waals surface area (Å²) in [6.45, 7) is 1.13. The summed E-state index contributed by atoms with van der Waals surface area (Å²) in [5, 5.41) is 3.12. The number of nitrogens with one attached hydrogen (secondary N) is 1. The van der Waals surface area contributed by atoms with Crippen LogP contribution in [0.1, 0.15) is 0 Å². The third-order valence-electron chi connectivity index (χ3n) is 2.62. The van der Waals surface area contributed by atoms with E-state index in [2.05, 4.69) is 15.3 Å². The molecule has 18 heavy (non-hydrogen) atoms. The molecule has 2 aromatic rings. The predicted octanol–water partition coefficient (Wildman–Crippen LogP) is 1.73. The van der Waals surface area contributed by atoms with Crippen molar-refractivity contribution in [3.63, 3.8) is 0 Å². The van der Waals surface area contributed by atoms with Crippen molar-refractivity contribution in [1.82, 2.24) is 9.97 Å². The SMILES string of the molecule is c1cnc(NC[C@H]2COc3ccccc3O2)nc1. The van der Waals surface area contributed by atoms with E-state index in [1.807, 2.05) is 24.3 Å². The van der Waals surface area contributed by atoms with Crippen LogP contribution in [0.4, 0.5) is 5.95 Å². The Kier molecular flexibility index (Phi) is 2.96. The highest BCUT2D eigenvalue weighted by Gasteiger charge is 2.20. The van der Waals surface area contributed by atoms with E-state index in [4.69, 9.17) is 9.47 Å². The zero-order valence-electron chi connectivity index (χ0n) is 9.74. The summed E-state index contributed by atoms with van der Waals surface area (Å²) in [6, 6.07) is 9.44. The maximum Gasteiger partial charge on any atom is 0.222 e. The predicted molar refractivity (Wildman–Crippen MR) is 66.9 cm³/mol. The number of aromatic nitrogens is 2. The van der Waals surface area contributed by atoms with Gasteiger partial charge in [-0.2, -0.15) is 0 Å². The molecule has 0 bridgehead atoms. The lowest BCUT2D eigenvalue weighted by Gasteiger charge is -2.26. The number of fused-ring (bicyclic) bond motifs is 1. The van der Waals surface area contributed by atoms with Crippen molar-refractivity contribution < 1.29 is 9.47 Å². The summed E-state index contributed by atoms with van der Waals surface area (Å²) in [6.07, 6.45) is 3.36. The minimum Gasteiger partial charge on any atom is -0.486 e. The number of hydrogen-bond donors (Lipinski definition) is 1. The summed E-state index contributed by atoms with van der Waals surface area (Å²) >= 11 is 0. The van der Waals surface area contributed by atoms with Crippen molar-refractivity contribution >= 4 is 5.95 Å².